The summed E-state index contributed by atoms with van der Waals surface area (Å²) in [5.74, 6) is -2.32. The summed E-state index contributed by atoms with van der Waals surface area (Å²) in [6, 6.07) is 4.08. The van der Waals surface area contributed by atoms with Gasteiger partial charge in [-0.2, -0.15) is 0 Å². The predicted octanol–water partition coefficient (Wildman–Crippen LogP) is 4.06. The number of anilines is 1. The Hall–Kier alpha value is -3.00. The lowest BCUT2D eigenvalue weighted by molar-refractivity contribution is -0.115. The van der Waals surface area contributed by atoms with Crippen molar-refractivity contribution in [3.63, 3.8) is 0 Å². The Kier molecular flexibility index (Phi) is 7.12. The lowest BCUT2D eigenvalue weighted by Gasteiger charge is -2.35. The molecule has 0 spiro atoms. The van der Waals surface area contributed by atoms with Gasteiger partial charge in [-0.15, -0.1) is 0 Å². The first-order valence-corrected chi connectivity index (χ1v) is 12.4. The summed E-state index contributed by atoms with van der Waals surface area (Å²) in [5, 5.41) is 9.98. The topological polar surface area (TPSA) is 106 Å². The Morgan fingerprint density at radius 1 is 1.06 bits per heavy atom. The van der Waals surface area contributed by atoms with Gasteiger partial charge in [-0.3, -0.25) is 14.4 Å². The number of aliphatic hydroxyl groups excluding tert-OH is 1. The summed E-state index contributed by atoms with van der Waals surface area (Å²) >= 11 is 0. The van der Waals surface area contributed by atoms with Gasteiger partial charge in [0.05, 0.1) is 17.4 Å². The summed E-state index contributed by atoms with van der Waals surface area (Å²) < 4.78 is 15.7. The smallest absolute Gasteiger partial charge is 0.301 e. The van der Waals surface area contributed by atoms with Crippen LogP contribution in [0.25, 0.3) is 0 Å². The van der Waals surface area contributed by atoms with Crippen LogP contribution in [0, 0.1) is 19.7 Å². The maximum absolute atomic E-state index is 14.0. The SMILES string of the molecule is Cc1cc(N(C(=O)C(=O)c2c(C)c(C(N)=O)c(C3CCCC3)n2C)C2CCC(O)CC2)ccc1F. The first kappa shape index (κ1) is 25.1. The van der Waals surface area contributed by atoms with Gasteiger partial charge in [0.15, 0.2) is 0 Å². The molecule has 188 valence electrons. The average molecular weight is 484 g/mol. The van der Waals surface area contributed by atoms with Crippen LogP contribution in [0.2, 0.25) is 0 Å². The molecule has 35 heavy (non-hydrogen) atoms. The number of halogens is 1. The molecule has 2 amide bonds. The highest BCUT2D eigenvalue weighted by molar-refractivity contribution is 6.47. The zero-order chi connectivity index (χ0) is 25.4. The fourth-order valence-corrected chi connectivity index (χ4v) is 5.96. The van der Waals surface area contributed by atoms with Crippen LogP contribution in [-0.2, 0) is 11.8 Å². The molecule has 0 atom stereocenters. The Bertz CT molecular complexity index is 1160. The van der Waals surface area contributed by atoms with Crippen molar-refractivity contribution in [2.45, 2.75) is 83.3 Å². The van der Waals surface area contributed by atoms with Crippen molar-refractivity contribution in [1.29, 1.82) is 0 Å². The monoisotopic (exact) mass is 483 g/mol. The molecule has 8 heteroatoms. The molecule has 2 aliphatic rings. The van der Waals surface area contributed by atoms with Gasteiger partial charge in [0.25, 0.3) is 11.7 Å². The van der Waals surface area contributed by atoms with E-state index in [4.69, 9.17) is 5.73 Å². The number of benzene rings is 1. The molecular formula is C27H34FN3O4. The first-order valence-electron chi connectivity index (χ1n) is 12.4. The third-order valence-corrected chi connectivity index (χ3v) is 7.75. The van der Waals surface area contributed by atoms with Crippen LogP contribution in [0.5, 0.6) is 0 Å². The van der Waals surface area contributed by atoms with Gasteiger partial charge in [-0.05, 0) is 81.7 Å². The van der Waals surface area contributed by atoms with Crippen molar-refractivity contribution in [3.05, 3.63) is 52.1 Å². The average Bonchev–Trinajstić information content (AvgIpc) is 3.43. The summed E-state index contributed by atoms with van der Waals surface area (Å²) in [5.41, 5.74) is 8.22. The molecule has 1 aromatic carbocycles. The lowest BCUT2D eigenvalue weighted by Crippen LogP contribution is -2.47. The van der Waals surface area contributed by atoms with E-state index in [2.05, 4.69) is 0 Å². The largest absolute Gasteiger partial charge is 0.393 e. The first-order chi connectivity index (χ1) is 16.6. The number of carbonyl (C=O) groups is 3. The van der Waals surface area contributed by atoms with Gasteiger partial charge in [-0.1, -0.05) is 12.8 Å². The van der Waals surface area contributed by atoms with Crippen molar-refractivity contribution in [1.82, 2.24) is 4.57 Å². The van der Waals surface area contributed by atoms with Gasteiger partial charge < -0.3 is 20.3 Å². The van der Waals surface area contributed by atoms with Crippen molar-refractivity contribution in [2.24, 2.45) is 12.8 Å². The molecule has 1 heterocycles. The van der Waals surface area contributed by atoms with Crippen LogP contribution in [0.15, 0.2) is 18.2 Å². The van der Waals surface area contributed by atoms with E-state index in [0.29, 0.717) is 48.1 Å². The number of hydrogen-bond donors (Lipinski definition) is 2. The lowest BCUT2D eigenvalue weighted by atomic mass is 9.91. The third-order valence-electron chi connectivity index (χ3n) is 7.75. The number of Topliss-reactive ketones (excluding diaryl/α,β-unsaturated/α-hetero) is 1. The van der Waals surface area contributed by atoms with E-state index in [9.17, 15) is 23.9 Å². The van der Waals surface area contributed by atoms with Gasteiger partial charge in [0.2, 0.25) is 0 Å². The molecule has 0 unspecified atom stereocenters. The van der Waals surface area contributed by atoms with Crippen molar-refractivity contribution >= 4 is 23.3 Å². The molecule has 0 radical (unpaired) electrons. The molecular weight excluding hydrogens is 449 g/mol. The standard InChI is InChI=1S/C27H34FN3O4/c1-15-14-19(10-13-21(15)28)31(18-8-11-20(32)12-9-18)27(35)25(33)23-16(2)22(26(29)34)24(30(23)3)17-6-4-5-7-17/h10,13-14,17-18,20,32H,4-9,11-12H2,1-3H3,(H2,29,34). The number of nitrogens with two attached hydrogens (primary N) is 1. The highest BCUT2D eigenvalue weighted by Gasteiger charge is 2.38. The Morgan fingerprint density at radius 3 is 2.26 bits per heavy atom. The Balaban J connectivity index is 1.77. The van der Waals surface area contributed by atoms with Crippen LogP contribution in [-0.4, -0.2) is 39.4 Å². The summed E-state index contributed by atoms with van der Waals surface area (Å²) in [7, 11) is 1.72. The quantitative estimate of drug-likeness (QED) is 0.477. The molecule has 1 aromatic heterocycles. The van der Waals surface area contributed by atoms with Crippen molar-refractivity contribution < 1.29 is 23.9 Å². The molecule has 2 aliphatic carbocycles. The number of primary amides is 1. The summed E-state index contributed by atoms with van der Waals surface area (Å²) in [4.78, 5) is 41.5. The van der Waals surface area contributed by atoms with Crippen molar-refractivity contribution in [3.8, 4) is 0 Å². The molecule has 0 saturated heterocycles. The van der Waals surface area contributed by atoms with Crippen molar-refractivity contribution in [2.75, 3.05) is 4.90 Å². The maximum atomic E-state index is 14.0. The highest BCUT2D eigenvalue weighted by Crippen LogP contribution is 2.39. The third kappa shape index (κ3) is 4.63. The molecule has 2 saturated carbocycles. The number of ketones is 1. The zero-order valence-electron chi connectivity index (χ0n) is 20.6. The fourth-order valence-electron chi connectivity index (χ4n) is 5.96. The van der Waals surface area contributed by atoms with E-state index in [1.807, 2.05) is 0 Å². The fraction of sp³-hybridized carbons (Fsp3) is 0.519. The second-order valence-corrected chi connectivity index (χ2v) is 10.0. The van der Waals surface area contributed by atoms with Crippen LogP contribution in [0.3, 0.4) is 0 Å². The van der Waals surface area contributed by atoms with Gasteiger partial charge in [-0.25, -0.2) is 4.39 Å². The number of amides is 2. The molecule has 7 nitrogen and oxygen atoms in total. The van der Waals surface area contributed by atoms with E-state index in [0.717, 1.165) is 31.4 Å². The highest BCUT2D eigenvalue weighted by atomic mass is 19.1. The van der Waals surface area contributed by atoms with E-state index >= 15 is 0 Å². The Labute approximate surface area is 205 Å². The summed E-state index contributed by atoms with van der Waals surface area (Å²) in [6.07, 6.45) is 5.56. The van der Waals surface area contributed by atoms with E-state index in [-0.39, 0.29) is 17.7 Å². The van der Waals surface area contributed by atoms with Crippen LogP contribution >= 0.6 is 0 Å². The van der Waals surface area contributed by atoms with Crippen LogP contribution in [0.4, 0.5) is 10.1 Å². The minimum absolute atomic E-state index is 0.119. The molecule has 0 aliphatic heterocycles. The molecule has 2 aromatic rings. The summed E-state index contributed by atoms with van der Waals surface area (Å²) in [6.45, 7) is 3.28. The normalized spacial score (nSPS) is 20.7. The second kappa shape index (κ2) is 9.93. The van der Waals surface area contributed by atoms with E-state index < -0.39 is 29.5 Å². The minimum Gasteiger partial charge on any atom is -0.393 e. The molecule has 3 N–H and O–H groups in total. The number of carbonyl (C=O) groups excluding carboxylic acids is 3. The van der Waals surface area contributed by atoms with Crippen LogP contribution < -0.4 is 10.6 Å². The number of nitrogens with zero attached hydrogens (tertiary/aromatic N) is 2. The number of hydrogen-bond acceptors (Lipinski definition) is 4. The van der Waals surface area contributed by atoms with Gasteiger partial charge in [0.1, 0.15) is 5.82 Å². The number of aromatic nitrogens is 1. The van der Waals surface area contributed by atoms with Gasteiger partial charge in [0, 0.05) is 30.4 Å². The molecule has 2 fully saturated rings. The second-order valence-electron chi connectivity index (χ2n) is 10.0. The predicted molar refractivity (Wildman–Crippen MR) is 131 cm³/mol. The number of aliphatic hydroxyl groups is 1. The molecule has 0 bridgehead atoms. The van der Waals surface area contributed by atoms with E-state index in [1.54, 1.807) is 31.5 Å². The van der Waals surface area contributed by atoms with Gasteiger partial charge >= 0.3 is 5.91 Å². The molecule has 4 rings (SSSR count). The van der Waals surface area contributed by atoms with Crippen LogP contribution in [0.1, 0.15) is 95.0 Å². The van der Waals surface area contributed by atoms with E-state index in [1.165, 1.54) is 17.0 Å². The minimum atomic E-state index is -0.727. The number of rotatable bonds is 6. The Morgan fingerprint density at radius 2 is 1.69 bits per heavy atom. The maximum Gasteiger partial charge on any atom is 0.301 e. The number of aryl methyl sites for hydroxylation is 1. The zero-order valence-corrected chi connectivity index (χ0v) is 20.6.